The largest absolute Gasteiger partial charge is 0.351 e. The maximum atomic E-state index is 12.9. The van der Waals surface area contributed by atoms with Gasteiger partial charge in [0.15, 0.2) is 0 Å². The molecule has 1 saturated heterocycles. The van der Waals surface area contributed by atoms with Crippen LogP contribution in [0, 0.1) is 10.8 Å². The van der Waals surface area contributed by atoms with Crippen LogP contribution in [0.4, 0.5) is 4.79 Å². The molecule has 1 radical (unpaired) electrons. The molecular formula is C18H33ClN5O4. The highest BCUT2D eigenvalue weighted by atomic mass is 35.5. The van der Waals surface area contributed by atoms with E-state index in [-0.39, 0.29) is 30.3 Å². The van der Waals surface area contributed by atoms with Gasteiger partial charge in [-0.05, 0) is 52.9 Å². The summed E-state index contributed by atoms with van der Waals surface area (Å²) in [6, 6.07) is -1.77. The third-order valence-electron chi connectivity index (χ3n) is 4.89. The number of hydrogen-bond acceptors (Lipinski definition) is 5. The van der Waals surface area contributed by atoms with Gasteiger partial charge in [-0.3, -0.25) is 4.79 Å². The first-order valence-corrected chi connectivity index (χ1v) is 10.1. The number of hydroxylamine groups is 2. The Kier molecular flexibility index (Phi) is 8.64. The number of urea groups is 1. The van der Waals surface area contributed by atoms with Gasteiger partial charge < -0.3 is 10.6 Å². The first-order chi connectivity index (χ1) is 12.8. The summed E-state index contributed by atoms with van der Waals surface area (Å²) in [6.45, 7) is 11.2. The van der Waals surface area contributed by atoms with Gasteiger partial charge in [0.25, 0.3) is 0 Å². The lowest BCUT2D eigenvalue weighted by molar-refractivity contribution is -0.290. The molecule has 1 heterocycles. The fourth-order valence-corrected chi connectivity index (χ4v) is 4.01. The van der Waals surface area contributed by atoms with Crippen LogP contribution in [0.2, 0.25) is 0 Å². The minimum absolute atomic E-state index is 0.0444. The van der Waals surface area contributed by atoms with Crippen LogP contribution in [-0.2, 0) is 10.0 Å². The van der Waals surface area contributed by atoms with Gasteiger partial charge in [-0.25, -0.2) is 4.79 Å². The molecule has 0 spiro atoms. The van der Waals surface area contributed by atoms with E-state index in [9.17, 15) is 19.7 Å². The quantitative estimate of drug-likeness (QED) is 0.358. The van der Waals surface area contributed by atoms with Gasteiger partial charge >= 0.3 is 6.03 Å². The smallest absolute Gasteiger partial charge is 0.341 e. The highest BCUT2D eigenvalue weighted by molar-refractivity contribution is 6.18. The number of nitrogens with zero attached hydrogens (tertiary/aromatic N) is 3. The van der Waals surface area contributed by atoms with Crippen LogP contribution in [0.25, 0.3) is 0 Å². The molecule has 3 amide bonds. The lowest BCUT2D eigenvalue weighted by atomic mass is 9.79. The molecule has 1 unspecified atom stereocenters. The van der Waals surface area contributed by atoms with Crippen LogP contribution in [0.15, 0.2) is 5.29 Å². The van der Waals surface area contributed by atoms with Crippen LogP contribution in [-0.4, -0.2) is 57.6 Å². The van der Waals surface area contributed by atoms with Crippen molar-refractivity contribution in [3.63, 3.8) is 0 Å². The molecular weight excluding hydrogens is 386 g/mol. The molecule has 0 bridgehead atoms. The predicted molar refractivity (Wildman–Crippen MR) is 107 cm³/mol. The minimum Gasteiger partial charge on any atom is -0.351 e. The minimum atomic E-state index is -0.816. The Morgan fingerprint density at radius 3 is 2.18 bits per heavy atom. The van der Waals surface area contributed by atoms with Gasteiger partial charge in [0.05, 0.1) is 11.8 Å². The molecule has 0 aromatic carbocycles. The molecule has 1 fully saturated rings. The van der Waals surface area contributed by atoms with Gasteiger partial charge in [-0.2, -0.15) is 5.01 Å². The summed E-state index contributed by atoms with van der Waals surface area (Å²) in [5.74, 6) is -0.147. The third-order valence-corrected chi connectivity index (χ3v) is 5.06. The molecule has 10 heteroatoms. The van der Waals surface area contributed by atoms with E-state index in [0.717, 1.165) is 5.06 Å². The normalized spacial score (nSPS) is 20.5. The number of carbonyl (C=O) groups excluding carboxylic acids is 2. The van der Waals surface area contributed by atoms with E-state index in [4.69, 9.17) is 11.6 Å². The second-order valence-corrected chi connectivity index (χ2v) is 9.44. The van der Waals surface area contributed by atoms with E-state index in [1.54, 1.807) is 0 Å². The zero-order valence-corrected chi connectivity index (χ0v) is 18.4. The van der Waals surface area contributed by atoms with E-state index >= 15 is 0 Å². The van der Waals surface area contributed by atoms with Crippen molar-refractivity contribution in [3.8, 4) is 0 Å². The van der Waals surface area contributed by atoms with Crippen molar-refractivity contribution >= 4 is 23.5 Å². The number of hydrogen-bond donors (Lipinski definition) is 2. The second kappa shape index (κ2) is 9.84. The molecule has 1 aliphatic rings. The number of amides is 3. The van der Waals surface area contributed by atoms with Crippen molar-refractivity contribution in [3.05, 3.63) is 4.91 Å². The lowest BCUT2D eigenvalue weighted by Gasteiger charge is -2.50. The zero-order valence-electron chi connectivity index (χ0n) is 17.6. The second-order valence-electron chi connectivity index (χ2n) is 9.06. The Balaban J connectivity index is 2.87. The molecule has 0 aromatic heterocycles. The summed E-state index contributed by atoms with van der Waals surface area (Å²) in [4.78, 5) is 35.9. The van der Waals surface area contributed by atoms with Crippen molar-refractivity contribution in [2.24, 2.45) is 11.2 Å². The molecule has 9 nitrogen and oxygen atoms in total. The maximum absolute atomic E-state index is 12.9. The fraction of sp³-hybridized carbons (Fsp3) is 0.889. The molecule has 0 saturated carbocycles. The molecule has 1 rings (SSSR count). The monoisotopic (exact) mass is 418 g/mol. The summed E-state index contributed by atoms with van der Waals surface area (Å²) in [5.41, 5.74) is -1.23. The molecule has 0 aliphatic carbocycles. The predicted octanol–water partition coefficient (Wildman–Crippen LogP) is 2.82. The first kappa shape index (κ1) is 24.6. The Morgan fingerprint density at radius 1 is 1.21 bits per heavy atom. The summed E-state index contributed by atoms with van der Waals surface area (Å²) < 4.78 is 0. The number of nitrogens with one attached hydrogen (secondary N) is 2. The van der Waals surface area contributed by atoms with Gasteiger partial charge in [-0.15, -0.1) is 26.8 Å². The van der Waals surface area contributed by atoms with Crippen LogP contribution in [0.5, 0.6) is 0 Å². The fourth-order valence-electron chi connectivity index (χ4n) is 3.85. The zero-order chi connectivity index (χ0) is 21.7. The number of carbonyl (C=O) groups is 2. The van der Waals surface area contributed by atoms with Crippen molar-refractivity contribution in [2.75, 3.05) is 12.4 Å². The summed E-state index contributed by atoms with van der Waals surface area (Å²) >= 11 is 5.57. The number of piperidine rings is 1. The number of alkyl halides is 1. The van der Waals surface area contributed by atoms with E-state index in [1.165, 1.54) is 0 Å². The average molecular weight is 419 g/mol. The van der Waals surface area contributed by atoms with Gasteiger partial charge in [0, 0.05) is 23.0 Å². The molecule has 1 aliphatic heterocycles. The number of nitroso groups, excluding NO2 is 1. The molecule has 28 heavy (non-hydrogen) atoms. The standard InChI is InChI=1S/C18H33ClN5O4/c1-12(2)9-14(21-16(26)23(22-27)8-7-19)15(25)20-13-10-17(3,4)24(28)18(5,6)11-13/h12-14H,7-11H2,1-6H3,(H,20,25)(H,21,26). The third kappa shape index (κ3) is 6.56. The summed E-state index contributed by atoms with van der Waals surface area (Å²) in [6.07, 6.45) is 1.41. The van der Waals surface area contributed by atoms with Crippen LogP contribution in [0.3, 0.4) is 0 Å². The molecule has 0 aromatic rings. The van der Waals surface area contributed by atoms with Crippen LogP contribution < -0.4 is 10.6 Å². The SMILES string of the molecule is CC(C)CC(NC(=O)N(CCCl)N=O)C(=O)NC1CC(C)(C)N([O])C(C)(C)C1. The van der Waals surface area contributed by atoms with Gasteiger partial charge in [0.1, 0.15) is 6.04 Å². The van der Waals surface area contributed by atoms with E-state index < -0.39 is 23.2 Å². The van der Waals surface area contributed by atoms with Crippen LogP contribution in [0.1, 0.15) is 60.8 Å². The first-order valence-electron chi connectivity index (χ1n) is 9.59. The Hall–Kier alpha value is -1.45. The Labute approximate surface area is 172 Å². The topological polar surface area (TPSA) is 114 Å². The van der Waals surface area contributed by atoms with E-state index in [2.05, 4.69) is 15.9 Å². The van der Waals surface area contributed by atoms with E-state index in [1.807, 2.05) is 41.5 Å². The van der Waals surface area contributed by atoms with Crippen molar-refractivity contribution in [1.82, 2.24) is 20.7 Å². The Morgan fingerprint density at radius 2 is 1.75 bits per heavy atom. The van der Waals surface area contributed by atoms with Crippen molar-refractivity contribution in [1.29, 1.82) is 0 Å². The van der Waals surface area contributed by atoms with Crippen molar-refractivity contribution in [2.45, 2.75) is 84.0 Å². The maximum Gasteiger partial charge on any atom is 0.341 e. The van der Waals surface area contributed by atoms with Crippen molar-refractivity contribution < 1.29 is 14.8 Å². The Bertz CT molecular complexity index is 552. The summed E-state index contributed by atoms with van der Waals surface area (Å²) in [7, 11) is 0. The molecule has 2 N–H and O–H groups in total. The molecule has 1 atom stereocenters. The van der Waals surface area contributed by atoms with Gasteiger partial charge in [-0.1, -0.05) is 13.8 Å². The number of rotatable bonds is 8. The highest BCUT2D eigenvalue weighted by Crippen LogP contribution is 2.37. The lowest BCUT2D eigenvalue weighted by Crippen LogP contribution is -2.63. The number of halogens is 1. The van der Waals surface area contributed by atoms with Gasteiger partial charge in [0.2, 0.25) is 5.91 Å². The van der Waals surface area contributed by atoms with Crippen LogP contribution >= 0.6 is 11.6 Å². The summed E-state index contributed by atoms with van der Waals surface area (Å²) in [5, 5.41) is 22.4. The highest BCUT2D eigenvalue weighted by Gasteiger charge is 2.46. The average Bonchev–Trinajstić information content (AvgIpc) is 2.55. The molecule has 161 valence electrons. The van der Waals surface area contributed by atoms with E-state index in [0.29, 0.717) is 24.3 Å².